The van der Waals surface area contributed by atoms with Crippen molar-refractivity contribution >= 4 is 11.3 Å². The smallest absolute Gasteiger partial charge is 0.0442 e. The molecule has 0 spiro atoms. The van der Waals surface area contributed by atoms with E-state index in [0.717, 1.165) is 0 Å². The van der Waals surface area contributed by atoms with E-state index in [1.54, 1.807) is 0 Å². The van der Waals surface area contributed by atoms with Crippen molar-refractivity contribution in [1.82, 2.24) is 10.3 Å². The summed E-state index contributed by atoms with van der Waals surface area (Å²) in [6, 6.07) is 9.15. The van der Waals surface area contributed by atoms with Gasteiger partial charge >= 0.3 is 0 Å². The first-order valence-corrected chi connectivity index (χ1v) is 7.26. The molecule has 0 saturated carbocycles. The van der Waals surface area contributed by atoms with E-state index in [2.05, 4.69) is 54.7 Å². The molecule has 2 aromatic heterocycles. The van der Waals surface area contributed by atoms with Gasteiger partial charge in [-0.05, 0) is 35.9 Å². The predicted molar refractivity (Wildman–Crippen MR) is 77.7 cm³/mol. The third-order valence-corrected chi connectivity index (χ3v) is 4.09. The Balaban J connectivity index is 2.11. The fraction of sp³-hybridized carbons (Fsp3) is 0.400. The van der Waals surface area contributed by atoms with Crippen LogP contribution in [0, 0.1) is 5.92 Å². The first-order valence-electron chi connectivity index (χ1n) is 6.38. The summed E-state index contributed by atoms with van der Waals surface area (Å²) in [4.78, 5) is 5.59. The quantitative estimate of drug-likeness (QED) is 0.872. The van der Waals surface area contributed by atoms with E-state index in [4.69, 9.17) is 0 Å². The van der Waals surface area contributed by atoms with Crippen molar-refractivity contribution in [3.05, 3.63) is 52.5 Å². The van der Waals surface area contributed by atoms with Crippen LogP contribution in [-0.2, 0) is 0 Å². The van der Waals surface area contributed by atoms with Gasteiger partial charge < -0.3 is 5.32 Å². The molecule has 0 saturated heterocycles. The maximum atomic E-state index is 4.18. The number of rotatable bonds is 5. The Morgan fingerprint density at radius 1 is 1.17 bits per heavy atom. The van der Waals surface area contributed by atoms with E-state index in [1.807, 2.05) is 29.8 Å². The lowest BCUT2D eigenvalue weighted by Crippen LogP contribution is -2.27. The molecule has 0 fully saturated rings. The average molecular weight is 260 g/mol. The molecule has 18 heavy (non-hydrogen) atoms. The third kappa shape index (κ3) is 3.18. The predicted octanol–water partition coefficient (Wildman–Crippen LogP) is 4.19. The van der Waals surface area contributed by atoms with Crippen molar-refractivity contribution in [3.63, 3.8) is 0 Å². The molecule has 2 rings (SSSR count). The lowest BCUT2D eigenvalue weighted by Gasteiger charge is -2.25. The number of hydrogen-bond donors (Lipinski definition) is 1. The summed E-state index contributed by atoms with van der Waals surface area (Å²) < 4.78 is 0. The molecule has 0 aromatic carbocycles. The van der Waals surface area contributed by atoms with Crippen LogP contribution in [-0.4, -0.2) is 4.98 Å². The van der Waals surface area contributed by atoms with Crippen molar-refractivity contribution in [2.75, 3.05) is 0 Å². The first kappa shape index (κ1) is 13.2. The van der Waals surface area contributed by atoms with Crippen LogP contribution in [0.15, 0.2) is 42.0 Å². The number of thiophene rings is 1. The van der Waals surface area contributed by atoms with Gasteiger partial charge in [0, 0.05) is 29.4 Å². The molecule has 2 nitrogen and oxygen atoms in total. The highest BCUT2D eigenvalue weighted by Gasteiger charge is 2.19. The van der Waals surface area contributed by atoms with Gasteiger partial charge in [0.1, 0.15) is 0 Å². The molecule has 0 aliphatic heterocycles. The molecule has 3 heteroatoms. The van der Waals surface area contributed by atoms with E-state index in [9.17, 15) is 0 Å². The van der Waals surface area contributed by atoms with Gasteiger partial charge in [0.15, 0.2) is 0 Å². The second-order valence-electron chi connectivity index (χ2n) is 4.91. The van der Waals surface area contributed by atoms with Gasteiger partial charge in [-0.3, -0.25) is 4.98 Å². The maximum absolute atomic E-state index is 4.18. The van der Waals surface area contributed by atoms with E-state index in [0.29, 0.717) is 18.0 Å². The zero-order valence-corrected chi connectivity index (χ0v) is 11.9. The highest BCUT2D eigenvalue weighted by atomic mass is 32.1. The molecule has 1 N–H and O–H groups in total. The van der Waals surface area contributed by atoms with Gasteiger partial charge in [0.05, 0.1) is 0 Å². The Bertz CT molecular complexity index is 451. The van der Waals surface area contributed by atoms with Crippen LogP contribution in [0.5, 0.6) is 0 Å². The summed E-state index contributed by atoms with van der Waals surface area (Å²) in [5.41, 5.74) is 1.24. The van der Waals surface area contributed by atoms with Crippen LogP contribution < -0.4 is 5.32 Å². The fourth-order valence-corrected chi connectivity index (χ4v) is 3.03. The minimum atomic E-state index is 0.313. The first-order chi connectivity index (χ1) is 8.68. The lowest BCUT2D eigenvalue weighted by atomic mass is 10.0. The van der Waals surface area contributed by atoms with E-state index < -0.39 is 0 Å². The number of hydrogen-bond acceptors (Lipinski definition) is 3. The summed E-state index contributed by atoms with van der Waals surface area (Å²) in [6.07, 6.45) is 3.75. The second-order valence-corrected chi connectivity index (χ2v) is 5.89. The molecular weight excluding hydrogens is 240 g/mol. The van der Waals surface area contributed by atoms with Crippen molar-refractivity contribution < 1.29 is 0 Å². The van der Waals surface area contributed by atoms with Gasteiger partial charge in [-0.1, -0.05) is 26.0 Å². The molecule has 0 aliphatic rings. The summed E-state index contributed by atoms with van der Waals surface area (Å²) in [6.45, 7) is 6.71. The van der Waals surface area contributed by atoms with Crippen LogP contribution in [0.4, 0.5) is 0 Å². The molecule has 2 atom stereocenters. The molecular formula is C15H20N2S. The monoisotopic (exact) mass is 260 g/mol. The highest BCUT2D eigenvalue weighted by Crippen LogP contribution is 2.28. The lowest BCUT2D eigenvalue weighted by molar-refractivity contribution is 0.379. The van der Waals surface area contributed by atoms with Crippen LogP contribution >= 0.6 is 11.3 Å². The van der Waals surface area contributed by atoms with Gasteiger partial charge in [-0.15, -0.1) is 11.3 Å². The third-order valence-electron chi connectivity index (χ3n) is 3.13. The van der Waals surface area contributed by atoms with Crippen LogP contribution in [0.3, 0.4) is 0 Å². The summed E-state index contributed by atoms with van der Waals surface area (Å²) in [7, 11) is 0. The van der Waals surface area contributed by atoms with Gasteiger partial charge in [0.2, 0.25) is 0 Å². The largest absolute Gasteiger partial charge is 0.302 e. The number of nitrogens with zero attached hydrogens (tertiary/aromatic N) is 1. The zero-order valence-electron chi connectivity index (χ0n) is 11.1. The molecule has 0 aliphatic carbocycles. The van der Waals surface area contributed by atoms with Crippen molar-refractivity contribution in [3.8, 4) is 0 Å². The zero-order chi connectivity index (χ0) is 13.0. The second kappa shape index (κ2) is 6.12. The van der Waals surface area contributed by atoms with Crippen LogP contribution in [0.25, 0.3) is 0 Å². The standard InChI is InChI=1S/C15H20N2S/c1-11(2)15(14-7-5-9-18-14)17-12(3)13-6-4-8-16-10-13/h4-12,15,17H,1-3H3. The molecule has 2 aromatic rings. The molecule has 0 bridgehead atoms. The van der Waals surface area contributed by atoms with E-state index >= 15 is 0 Å². The minimum absolute atomic E-state index is 0.313. The number of nitrogens with one attached hydrogen (secondary N) is 1. The van der Waals surface area contributed by atoms with Crippen molar-refractivity contribution in [2.24, 2.45) is 5.92 Å². The Labute approximate surface area is 113 Å². The highest BCUT2D eigenvalue weighted by molar-refractivity contribution is 7.10. The Morgan fingerprint density at radius 2 is 2.00 bits per heavy atom. The number of aromatic nitrogens is 1. The van der Waals surface area contributed by atoms with Gasteiger partial charge in [-0.25, -0.2) is 0 Å². The number of pyridine rings is 1. The van der Waals surface area contributed by atoms with Crippen LogP contribution in [0.2, 0.25) is 0 Å². The molecule has 2 heterocycles. The van der Waals surface area contributed by atoms with Crippen LogP contribution in [0.1, 0.15) is 43.3 Å². The summed E-state index contributed by atoms with van der Waals surface area (Å²) in [5.74, 6) is 0.572. The Morgan fingerprint density at radius 3 is 2.56 bits per heavy atom. The molecule has 96 valence electrons. The molecule has 2 unspecified atom stereocenters. The Kier molecular flexibility index (Phi) is 4.50. The Hall–Kier alpha value is -1.19. The molecule has 0 amide bonds. The molecule has 0 radical (unpaired) electrons. The topological polar surface area (TPSA) is 24.9 Å². The fourth-order valence-electron chi connectivity index (χ4n) is 2.07. The minimum Gasteiger partial charge on any atom is -0.302 e. The SMILES string of the molecule is CC(NC(c1cccs1)C(C)C)c1cccnc1. The van der Waals surface area contributed by atoms with Crippen molar-refractivity contribution in [2.45, 2.75) is 32.9 Å². The van der Waals surface area contributed by atoms with Gasteiger partial charge in [-0.2, -0.15) is 0 Å². The maximum Gasteiger partial charge on any atom is 0.0442 e. The summed E-state index contributed by atoms with van der Waals surface area (Å²) >= 11 is 1.82. The normalized spacial score (nSPS) is 14.7. The average Bonchev–Trinajstić information content (AvgIpc) is 2.90. The van der Waals surface area contributed by atoms with Crippen molar-refractivity contribution in [1.29, 1.82) is 0 Å². The van der Waals surface area contributed by atoms with E-state index in [1.165, 1.54) is 10.4 Å². The van der Waals surface area contributed by atoms with Gasteiger partial charge in [0.25, 0.3) is 0 Å². The van der Waals surface area contributed by atoms with E-state index in [-0.39, 0.29) is 0 Å². The summed E-state index contributed by atoms with van der Waals surface area (Å²) in [5, 5.41) is 5.85.